The molecule has 0 aliphatic carbocycles. The number of hydrogen-bond donors (Lipinski definition) is 1. The number of carbonyl (C=O) groups is 1. The van der Waals surface area contributed by atoms with Gasteiger partial charge in [0.25, 0.3) is 0 Å². The normalized spacial score (nSPS) is 20.1. The molecule has 102 valence electrons. The molecule has 3 heterocycles. The number of hydrogen-bond acceptors (Lipinski definition) is 4. The Morgan fingerprint density at radius 3 is 3.26 bits per heavy atom. The molecule has 0 saturated carbocycles. The Morgan fingerprint density at radius 1 is 1.58 bits per heavy atom. The number of likely N-dealkylation sites (tertiary alicyclic amines) is 1. The number of fused-ring (bicyclic) bond motifs is 1. The van der Waals surface area contributed by atoms with Crippen molar-refractivity contribution < 1.29 is 9.90 Å². The van der Waals surface area contributed by atoms with Crippen LogP contribution in [0.15, 0.2) is 17.8 Å². The number of imidazole rings is 1. The van der Waals surface area contributed by atoms with Crippen LogP contribution < -0.4 is 0 Å². The summed E-state index contributed by atoms with van der Waals surface area (Å²) < 4.78 is 1.94. The Morgan fingerprint density at radius 2 is 2.47 bits per heavy atom. The van der Waals surface area contributed by atoms with E-state index in [0.717, 1.165) is 30.0 Å². The molecular formula is C13H17N3O2S. The lowest BCUT2D eigenvalue weighted by atomic mass is 9.99. The third-order valence-electron chi connectivity index (χ3n) is 3.61. The molecule has 2 aromatic heterocycles. The SMILES string of the molecule is O=C(Cc1cn2ccsc2n1)N1CCCC(CO)C1. The van der Waals surface area contributed by atoms with Gasteiger partial charge in [-0.1, -0.05) is 0 Å². The smallest absolute Gasteiger partial charge is 0.228 e. The van der Waals surface area contributed by atoms with E-state index in [1.54, 1.807) is 11.3 Å². The van der Waals surface area contributed by atoms with Gasteiger partial charge in [0.1, 0.15) is 0 Å². The van der Waals surface area contributed by atoms with Crippen LogP contribution in [0.1, 0.15) is 18.5 Å². The van der Waals surface area contributed by atoms with E-state index in [4.69, 9.17) is 0 Å². The highest BCUT2D eigenvalue weighted by molar-refractivity contribution is 7.15. The monoisotopic (exact) mass is 279 g/mol. The van der Waals surface area contributed by atoms with E-state index in [1.165, 1.54) is 0 Å². The van der Waals surface area contributed by atoms with Crippen molar-refractivity contribution in [3.63, 3.8) is 0 Å². The molecule has 1 amide bonds. The Labute approximate surface area is 115 Å². The topological polar surface area (TPSA) is 57.8 Å². The van der Waals surface area contributed by atoms with Crippen LogP contribution in [-0.2, 0) is 11.2 Å². The van der Waals surface area contributed by atoms with Gasteiger partial charge in [-0.15, -0.1) is 11.3 Å². The second-order valence-electron chi connectivity index (χ2n) is 5.03. The third-order valence-corrected chi connectivity index (χ3v) is 4.38. The minimum absolute atomic E-state index is 0.115. The first-order valence-electron chi connectivity index (χ1n) is 6.56. The van der Waals surface area contributed by atoms with Crippen molar-refractivity contribution in [2.45, 2.75) is 19.3 Å². The molecule has 1 unspecified atom stereocenters. The van der Waals surface area contributed by atoms with Crippen LogP contribution in [0.25, 0.3) is 4.96 Å². The largest absolute Gasteiger partial charge is 0.396 e. The number of thiazole rings is 1. The Hall–Kier alpha value is -1.40. The van der Waals surface area contributed by atoms with Crippen LogP contribution >= 0.6 is 11.3 Å². The zero-order valence-electron chi connectivity index (χ0n) is 10.7. The fourth-order valence-electron chi connectivity index (χ4n) is 2.57. The van der Waals surface area contributed by atoms with Gasteiger partial charge in [-0.25, -0.2) is 4.98 Å². The Kier molecular flexibility index (Phi) is 3.52. The predicted octanol–water partition coefficient (Wildman–Crippen LogP) is 1.17. The van der Waals surface area contributed by atoms with Gasteiger partial charge in [-0.05, 0) is 18.8 Å². The van der Waals surface area contributed by atoms with Gasteiger partial charge in [0.15, 0.2) is 4.96 Å². The lowest BCUT2D eigenvalue weighted by molar-refractivity contribution is -0.132. The third kappa shape index (κ3) is 2.64. The standard InChI is InChI=1S/C13H17N3O2S/c17-9-10-2-1-3-15(7-10)12(18)6-11-8-16-4-5-19-13(16)14-11/h4-5,8,10,17H,1-3,6-7,9H2. The molecule has 1 N–H and O–H groups in total. The van der Waals surface area contributed by atoms with Crippen LogP contribution in [0.3, 0.4) is 0 Å². The number of aliphatic hydroxyl groups excluding tert-OH is 1. The minimum Gasteiger partial charge on any atom is -0.396 e. The van der Waals surface area contributed by atoms with Crippen molar-refractivity contribution in [3.8, 4) is 0 Å². The van der Waals surface area contributed by atoms with Crippen LogP contribution in [0.5, 0.6) is 0 Å². The van der Waals surface area contributed by atoms with Gasteiger partial charge in [-0.2, -0.15) is 0 Å². The first-order chi connectivity index (χ1) is 9.26. The van der Waals surface area contributed by atoms with Crippen LogP contribution in [0.4, 0.5) is 0 Å². The van der Waals surface area contributed by atoms with E-state index in [2.05, 4.69) is 4.98 Å². The van der Waals surface area contributed by atoms with Crippen LogP contribution in [0, 0.1) is 5.92 Å². The summed E-state index contributed by atoms with van der Waals surface area (Å²) in [6.07, 6.45) is 6.21. The molecule has 0 aromatic carbocycles. The summed E-state index contributed by atoms with van der Waals surface area (Å²) in [5, 5.41) is 11.2. The van der Waals surface area contributed by atoms with Gasteiger partial charge < -0.3 is 10.0 Å². The second kappa shape index (κ2) is 5.30. The maximum Gasteiger partial charge on any atom is 0.228 e. The van der Waals surface area contributed by atoms with Gasteiger partial charge in [-0.3, -0.25) is 9.20 Å². The molecule has 1 aliphatic rings. The molecule has 1 atom stereocenters. The lowest BCUT2D eigenvalue weighted by Crippen LogP contribution is -2.41. The molecule has 2 aromatic rings. The molecule has 1 aliphatic heterocycles. The fraction of sp³-hybridized carbons (Fsp3) is 0.538. The number of aromatic nitrogens is 2. The summed E-state index contributed by atoms with van der Waals surface area (Å²) in [6, 6.07) is 0. The van der Waals surface area contributed by atoms with Crippen molar-refractivity contribution in [3.05, 3.63) is 23.5 Å². The number of nitrogens with zero attached hydrogens (tertiary/aromatic N) is 3. The van der Waals surface area contributed by atoms with Gasteiger partial charge in [0, 0.05) is 37.5 Å². The van der Waals surface area contributed by atoms with E-state index in [1.807, 2.05) is 27.1 Å². The maximum absolute atomic E-state index is 12.2. The number of carbonyl (C=O) groups excluding carboxylic acids is 1. The van der Waals surface area contributed by atoms with Crippen LogP contribution in [0.2, 0.25) is 0 Å². The molecule has 1 saturated heterocycles. The molecule has 3 rings (SSSR count). The van der Waals surface area contributed by atoms with E-state index < -0.39 is 0 Å². The molecule has 0 radical (unpaired) electrons. The zero-order valence-corrected chi connectivity index (χ0v) is 11.5. The highest BCUT2D eigenvalue weighted by Gasteiger charge is 2.23. The highest BCUT2D eigenvalue weighted by atomic mass is 32.1. The average molecular weight is 279 g/mol. The minimum atomic E-state index is 0.115. The van der Waals surface area contributed by atoms with Gasteiger partial charge in [0.2, 0.25) is 5.91 Å². The van der Waals surface area contributed by atoms with Crippen LogP contribution in [-0.4, -0.2) is 45.0 Å². The fourth-order valence-corrected chi connectivity index (χ4v) is 3.29. The maximum atomic E-state index is 12.2. The number of amides is 1. The van der Waals surface area contributed by atoms with Gasteiger partial charge >= 0.3 is 0 Å². The molecule has 5 nitrogen and oxygen atoms in total. The molecule has 0 spiro atoms. The second-order valence-corrected chi connectivity index (χ2v) is 5.91. The first kappa shape index (κ1) is 12.6. The highest BCUT2D eigenvalue weighted by Crippen LogP contribution is 2.17. The molecule has 6 heteroatoms. The van der Waals surface area contributed by atoms with E-state index >= 15 is 0 Å². The van der Waals surface area contributed by atoms with Crippen molar-refractivity contribution >= 4 is 22.2 Å². The summed E-state index contributed by atoms with van der Waals surface area (Å²) in [7, 11) is 0. The first-order valence-corrected chi connectivity index (χ1v) is 7.44. The Bertz CT molecular complexity index is 549. The summed E-state index contributed by atoms with van der Waals surface area (Å²) in [5.41, 5.74) is 0.822. The van der Waals surface area contributed by atoms with E-state index in [-0.39, 0.29) is 18.4 Å². The van der Waals surface area contributed by atoms with E-state index in [0.29, 0.717) is 13.0 Å². The van der Waals surface area contributed by atoms with Gasteiger partial charge in [0.05, 0.1) is 12.1 Å². The Balaban J connectivity index is 1.65. The lowest BCUT2D eigenvalue weighted by Gasteiger charge is -2.31. The molecular weight excluding hydrogens is 262 g/mol. The van der Waals surface area contributed by atoms with Crippen molar-refractivity contribution in [1.29, 1.82) is 0 Å². The molecule has 1 fully saturated rings. The summed E-state index contributed by atoms with van der Waals surface area (Å²) in [4.78, 5) is 19.4. The van der Waals surface area contributed by atoms with E-state index in [9.17, 15) is 9.90 Å². The average Bonchev–Trinajstić information content (AvgIpc) is 2.99. The van der Waals surface area contributed by atoms with Crippen molar-refractivity contribution in [1.82, 2.24) is 14.3 Å². The number of aliphatic hydroxyl groups is 1. The summed E-state index contributed by atoms with van der Waals surface area (Å²) in [6.45, 7) is 1.65. The zero-order chi connectivity index (χ0) is 13.2. The quantitative estimate of drug-likeness (QED) is 0.917. The van der Waals surface area contributed by atoms with Crippen molar-refractivity contribution in [2.75, 3.05) is 19.7 Å². The molecule has 0 bridgehead atoms. The summed E-state index contributed by atoms with van der Waals surface area (Å²) >= 11 is 1.57. The number of rotatable bonds is 3. The summed E-state index contributed by atoms with van der Waals surface area (Å²) in [5.74, 6) is 0.354. The number of piperidine rings is 1. The molecule has 19 heavy (non-hydrogen) atoms. The van der Waals surface area contributed by atoms with Crippen molar-refractivity contribution in [2.24, 2.45) is 5.92 Å². The predicted molar refractivity (Wildman–Crippen MR) is 73.2 cm³/mol.